The third-order valence-corrected chi connectivity index (χ3v) is 2.53. The highest BCUT2D eigenvalue weighted by Crippen LogP contribution is 2.16. The van der Waals surface area contributed by atoms with Gasteiger partial charge in [-0.15, -0.1) is 0 Å². The van der Waals surface area contributed by atoms with Crippen molar-refractivity contribution in [3.63, 3.8) is 0 Å². The van der Waals surface area contributed by atoms with Gasteiger partial charge in [0.05, 0.1) is 0 Å². The molecular formula is C7H16N2S. The zero-order chi connectivity index (χ0) is 7.40. The van der Waals surface area contributed by atoms with Gasteiger partial charge in [-0.3, -0.25) is 0 Å². The fourth-order valence-electron chi connectivity index (χ4n) is 1.19. The Morgan fingerprint density at radius 2 is 2.30 bits per heavy atom. The summed E-state index contributed by atoms with van der Waals surface area (Å²) in [5.74, 6) is 1.21. The molecule has 3 heteroatoms. The maximum atomic E-state index is 5.63. The molecule has 1 saturated carbocycles. The Morgan fingerprint density at radius 3 is 2.80 bits per heavy atom. The molecular weight excluding hydrogens is 144 g/mol. The molecule has 1 rings (SSSR count). The summed E-state index contributed by atoms with van der Waals surface area (Å²) in [5.41, 5.74) is 5.63. The lowest BCUT2D eigenvalue weighted by Gasteiger charge is -2.33. The maximum absolute atomic E-state index is 5.63. The third kappa shape index (κ3) is 2.48. The normalized spacial score (nSPS) is 31.8. The summed E-state index contributed by atoms with van der Waals surface area (Å²) in [6.07, 6.45) is 4.48. The number of rotatable bonds is 4. The summed E-state index contributed by atoms with van der Waals surface area (Å²) < 4.78 is 0. The van der Waals surface area contributed by atoms with E-state index in [9.17, 15) is 0 Å². The topological polar surface area (TPSA) is 38.0 Å². The quantitative estimate of drug-likeness (QED) is 0.586. The van der Waals surface area contributed by atoms with E-state index < -0.39 is 0 Å². The largest absolute Gasteiger partial charge is 0.328 e. The Labute approximate surface area is 66.9 Å². The molecule has 0 aromatic heterocycles. The summed E-state index contributed by atoms with van der Waals surface area (Å²) in [6, 6.07) is 1.20. The third-order valence-electron chi connectivity index (χ3n) is 1.91. The lowest BCUT2D eigenvalue weighted by Crippen LogP contribution is -2.48. The first-order chi connectivity index (χ1) is 4.83. The predicted molar refractivity (Wildman–Crippen MR) is 47.4 cm³/mol. The second-order valence-electron chi connectivity index (χ2n) is 2.88. The van der Waals surface area contributed by atoms with Gasteiger partial charge >= 0.3 is 0 Å². The molecule has 1 aliphatic rings. The van der Waals surface area contributed by atoms with Crippen molar-refractivity contribution in [2.24, 2.45) is 5.73 Å². The molecule has 0 aliphatic heterocycles. The van der Waals surface area contributed by atoms with Crippen molar-refractivity contribution in [3.05, 3.63) is 0 Å². The van der Waals surface area contributed by atoms with Crippen molar-refractivity contribution in [2.45, 2.75) is 24.9 Å². The Bertz CT molecular complexity index is 91.6. The predicted octanol–water partition coefficient (Wildman–Crippen LogP) is 0.429. The van der Waals surface area contributed by atoms with Crippen LogP contribution in [-0.2, 0) is 0 Å². The van der Waals surface area contributed by atoms with Gasteiger partial charge in [0, 0.05) is 24.4 Å². The molecule has 0 saturated heterocycles. The number of nitrogens with two attached hydrogens (primary N) is 1. The summed E-state index contributed by atoms with van der Waals surface area (Å²) in [7, 11) is 0. The van der Waals surface area contributed by atoms with Gasteiger partial charge in [0.1, 0.15) is 0 Å². The molecule has 0 unspecified atom stereocenters. The number of hydrogen-bond acceptors (Lipinski definition) is 3. The van der Waals surface area contributed by atoms with Crippen LogP contribution in [0.3, 0.4) is 0 Å². The van der Waals surface area contributed by atoms with Gasteiger partial charge in [0.2, 0.25) is 0 Å². The Kier molecular flexibility index (Phi) is 3.52. The van der Waals surface area contributed by atoms with Crippen molar-refractivity contribution in [1.82, 2.24) is 5.32 Å². The minimum absolute atomic E-state index is 0.478. The first kappa shape index (κ1) is 8.37. The summed E-state index contributed by atoms with van der Waals surface area (Å²) in [6.45, 7) is 1.14. The molecule has 0 radical (unpaired) electrons. The summed E-state index contributed by atoms with van der Waals surface area (Å²) in [5, 5.41) is 3.45. The van der Waals surface area contributed by atoms with Crippen molar-refractivity contribution in [1.29, 1.82) is 0 Å². The van der Waals surface area contributed by atoms with Crippen LogP contribution in [0, 0.1) is 0 Å². The van der Waals surface area contributed by atoms with Crippen molar-refractivity contribution < 1.29 is 0 Å². The smallest absolute Gasteiger partial charge is 0.00968 e. The van der Waals surface area contributed by atoms with Crippen LogP contribution in [0.4, 0.5) is 0 Å². The lowest BCUT2D eigenvalue weighted by molar-refractivity contribution is 0.298. The first-order valence-corrected chi connectivity index (χ1v) is 5.20. The van der Waals surface area contributed by atoms with Gasteiger partial charge in [0.15, 0.2) is 0 Å². The standard InChI is InChI=1S/C7H16N2S/c1-10-3-2-9-7-4-6(8)5-7/h6-7,9H,2-5,8H2,1H3. The van der Waals surface area contributed by atoms with E-state index in [1.165, 1.54) is 18.6 Å². The van der Waals surface area contributed by atoms with Crippen LogP contribution in [-0.4, -0.2) is 30.6 Å². The summed E-state index contributed by atoms with van der Waals surface area (Å²) >= 11 is 1.89. The fourth-order valence-corrected chi connectivity index (χ4v) is 1.52. The van der Waals surface area contributed by atoms with Crippen LogP contribution in [0.5, 0.6) is 0 Å². The van der Waals surface area contributed by atoms with Crippen molar-refractivity contribution in [2.75, 3.05) is 18.6 Å². The second-order valence-corrected chi connectivity index (χ2v) is 3.86. The van der Waals surface area contributed by atoms with E-state index >= 15 is 0 Å². The molecule has 0 atom stereocenters. The van der Waals surface area contributed by atoms with Gasteiger partial charge in [-0.2, -0.15) is 11.8 Å². The Hall–Kier alpha value is 0.270. The van der Waals surface area contributed by atoms with E-state index in [1.807, 2.05) is 11.8 Å². The lowest BCUT2D eigenvalue weighted by atomic mass is 9.88. The molecule has 10 heavy (non-hydrogen) atoms. The van der Waals surface area contributed by atoms with E-state index in [0.717, 1.165) is 12.6 Å². The number of thioether (sulfide) groups is 1. The molecule has 0 aromatic rings. The number of hydrogen-bond donors (Lipinski definition) is 2. The highest BCUT2D eigenvalue weighted by Gasteiger charge is 2.24. The molecule has 0 spiro atoms. The second kappa shape index (κ2) is 4.21. The molecule has 0 amide bonds. The van der Waals surface area contributed by atoms with E-state index in [2.05, 4.69) is 11.6 Å². The minimum Gasteiger partial charge on any atom is -0.328 e. The molecule has 60 valence electrons. The monoisotopic (exact) mass is 160 g/mol. The fraction of sp³-hybridized carbons (Fsp3) is 1.00. The molecule has 1 aliphatic carbocycles. The van der Waals surface area contributed by atoms with Gasteiger partial charge in [-0.05, 0) is 19.1 Å². The molecule has 2 nitrogen and oxygen atoms in total. The zero-order valence-electron chi connectivity index (χ0n) is 6.47. The van der Waals surface area contributed by atoms with Crippen LogP contribution in [0.15, 0.2) is 0 Å². The van der Waals surface area contributed by atoms with Crippen molar-refractivity contribution >= 4 is 11.8 Å². The SMILES string of the molecule is CSCCNC1CC(N)C1. The Balaban J connectivity index is 1.86. The molecule has 0 bridgehead atoms. The molecule has 1 fully saturated rings. The van der Waals surface area contributed by atoms with E-state index in [-0.39, 0.29) is 0 Å². The van der Waals surface area contributed by atoms with Crippen LogP contribution >= 0.6 is 11.8 Å². The maximum Gasteiger partial charge on any atom is 0.00968 e. The molecule has 0 aromatic carbocycles. The van der Waals surface area contributed by atoms with Crippen LogP contribution in [0.1, 0.15) is 12.8 Å². The van der Waals surface area contributed by atoms with Gasteiger partial charge in [-0.1, -0.05) is 0 Å². The van der Waals surface area contributed by atoms with Gasteiger partial charge < -0.3 is 11.1 Å². The van der Waals surface area contributed by atoms with E-state index in [0.29, 0.717) is 6.04 Å². The first-order valence-electron chi connectivity index (χ1n) is 3.81. The highest BCUT2D eigenvalue weighted by molar-refractivity contribution is 7.98. The van der Waals surface area contributed by atoms with E-state index in [4.69, 9.17) is 5.73 Å². The average molecular weight is 160 g/mol. The van der Waals surface area contributed by atoms with Crippen LogP contribution < -0.4 is 11.1 Å². The minimum atomic E-state index is 0.478. The van der Waals surface area contributed by atoms with Gasteiger partial charge in [0.25, 0.3) is 0 Å². The van der Waals surface area contributed by atoms with Gasteiger partial charge in [-0.25, -0.2) is 0 Å². The Morgan fingerprint density at radius 1 is 1.60 bits per heavy atom. The highest BCUT2D eigenvalue weighted by atomic mass is 32.2. The molecule has 3 N–H and O–H groups in total. The van der Waals surface area contributed by atoms with Crippen molar-refractivity contribution in [3.8, 4) is 0 Å². The van der Waals surface area contributed by atoms with Crippen LogP contribution in [0.2, 0.25) is 0 Å². The van der Waals surface area contributed by atoms with Crippen LogP contribution in [0.25, 0.3) is 0 Å². The molecule has 0 heterocycles. The van der Waals surface area contributed by atoms with E-state index in [1.54, 1.807) is 0 Å². The number of nitrogens with one attached hydrogen (secondary N) is 1. The summed E-state index contributed by atoms with van der Waals surface area (Å²) in [4.78, 5) is 0. The zero-order valence-corrected chi connectivity index (χ0v) is 7.29. The average Bonchev–Trinajstić information content (AvgIpc) is 1.85.